The minimum Gasteiger partial charge on any atom is -0.398 e. The van der Waals surface area contributed by atoms with Crippen LogP contribution >= 0.6 is 11.6 Å². The van der Waals surface area contributed by atoms with Gasteiger partial charge >= 0.3 is 0 Å². The molecule has 0 spiro atoms. The standard InChI is InChI=1S/C15H17ClN2/c1-11-5-3-4-6-15(11)18(2)10-12-7-8-13(16)14(17)9-12/h3-9H,10,17H2,1-2H3. The van der Waals surface area contributed by atoms with Gasteiger partial charge in [0, 0.05) is 19.3 Å². The minimum absolute atomic E-state index is 0.609. The number of nitrogen functional groups attached to an aromatic ring is 1. The van der Waals surface area contributed by atoms with Gasteiger partial charge in [0.05, 0.1) is 10.7 Å². The predicted molar refractivity (Wildman–Crippen MR) is 79.2 cm³/mol. The Balaban J connectivity index is 2.19. The van der Waals surface area contributed by atoms with E-state index in [9.17, 15) is 0 Å². The molecule has 3 heteroatoms. The molecule has 0 unspecified atom stereocenters. The fourth-order valence-electron chi connectivity index (χ4n) is 2.04. The van der Waals surface area contributed by atoms with Gasteiger partial charge in [-0.15, -0.1) is 0 Å². The summed E-state index contributed by atoms with van der Waals surface area (Å²) in [6.45, 7) is 2.92. The molecule has 0 saturated heterocycles. The summed E-state index contributed by atoms with van der Waals surface area (Å²) in [6, 6.07) is 14.1. The molecule has 0 fully saturated rings. The van der Waals surface area contributed by atoms with E-state index in [0.29, 0.717) is 10.7 Å². The maximum Gasteiger partial charge on any atom is 0.0635 e. The molecule has 2 N–H and O–H groups in total. The summed E-state index contributed by atoms with van der Waals surface area (Å²) >= 11 is 5.92. The Morgan fingerprint density at radius 3 is 2.56 bits per heavy atom. The van der Waals surface area contributed by atoms with E-state index in [1.54, 1.807) is 0 Å². The number of halogens is 1. The average molecular weight is 261 g/mol. The average Bonchev–Trinajstić information content (AvgIpc) is 2.34. The van der Waals surface area contributed by atoms with E-state index < -0.39 is 0 Å². The summed E-state index contributed by atoms with van der Waals surface area (Å²) in [4.78, 5) is 2.21. The van der Waals surface area contributed by atoms with E-state index in [4.69, 9.17) is 17.3 Å². The molecule has 94 valence electrons. The van der Waals surface area contributed by atoms with E-state index >= 15 is 0 Å². The summed E-state index contributed by atoms with van der Waals surface area (Å²) < 4.78 is 0. The second kappa shape index (κ2) is 5.32. The van der Waals surface area contributed by atoms with Gasteiger partial charge in [0.25, 0.3) is 0 Å². The van der Waals surface area contributed by atoms with Gasteiger partial charge in [-0.3, -0.25) is 0 Å². The van der Waals surface area contributed by atoms with Crippen molar-refractivity contribution in [2.45, 2.75) is 13.5 Å². The molecule has 0 amide bonds. The molecular formula is C15H17ClN2. The lowest BCUT2D eigenvalue weighted by atomic mass is 10.1. The van der Waals surface area contributed by atoms with Crippen molar-refractivity contribution in [3.05, 3.63) is 58.6 Å². The zero-order valence-corrected chi connectivity index (χ0v) is 11.4. The Kier molecular flexibility index (Phi) is 3.78. The minimum atomic E-state index is 0.609. The van der Waals surface area contributed by atoms with Crippen molar-refractivity contribution in [1.82, 2.24) is 0 Å². The predicted octanol–water partition coefficient (Wildman–Crippen LogP) is 3.87. The molecule has 0 saturated carbocycles. The van der Waals surface area contributed by atoms with Crippen LogP contribution in [0.4, 0.5) is 11.4 Å². The van der Waals surface area contributed by atoms with Crippen molar-refractivity contribution in [2.24, 2.45) is 0 Å². The lowest BCUT2D eigenvalue weighted by Crippen LogP contribution is -2.17. The fourth-order valence-corrected chi connectivity index (χ4v) is 2.16. The Bertz CT molecular complexity index is 552. The van der Waals surface area contributed by atoms with Crippen LogP contribution in [0, 0.1) is 6.92 Å². The molecule has 0 aliphatic carbocycles. The van der Waals surface area contributed by atoms with Gasteiger partial charge in [-0.2, -0.15) is 0 Å². The van der Waals surface area contributed by atoms with Crippen LogP contribution < -0.4 is 10.6 Å². The van der Waals surface area contributed by atoms with Gasteiger partial charge < -0.3 is 10.6 Å². The van der Waals surface area contributed by atoms with Crippen LogP contribution in [0.3, 0.4) is 0 Å². The first kappa shape index (κ1) is 12.8. The normalized spacial score (nSPS) is 10.4. The molecule has 2 rings (SSSR count). The van der Waals surface area contributed by atoms with Crippen molar-refractivity contribution in [1.29, 1.82) is 0 Å². The van der Waals surface area contributed by atoms with Gasteiger partial charge in [-0.25, -0.2) is 0 Å². The SMILES string of the molecule is Cc1ccccc1N(C)Cc1ccc(Cl)c(N)c1. The summed E-state index contributed by atoms with van der Waals surface area (Å²) in [6.07, 6.45) is 0. The Labute approximate surface area is 113 Å². The zero-order chi connectivity index (χ0) is 13.1. The first-order valence-corrected chi connectivity index (χ1v) is 6.26. The van der Waals surface area contributed by atoms with Crippen molar-refractivity contribution in [2.75, 3.05) is 17.7 Å². The molecule has 0 aromatic heterocycles. The van der Waals surface area contributed by atoms with Crippen LogP contribution in [0.1, 0.15) is 11.1 Å². The van der Waals surface area contributed by atoms with Crippen molar-refractivity contribution in [3.8, 4) is 0 Å². The first-order chi connectivity index (χ1) is 8.58. The highest BCUT2D eigenvalue weighted by atomic mass is 35.5. The third-order valence-corrected chi connectivity index (χ3v) is 3.35. The summed E-state index contributed by atoms with van der Waals surface area (Å²) in [5, 5.41) is 0.609. The van der Waals surface area contributed by atoms with E-state index in [-0.39, 0.29) is 0 Å². The van der Waals surface area contributed by atoms with Crippen LogP contribution in [-0.4, -0.2) is 7.05 Å². The summed E-state index contributed by atoms with van der Waals surface area (Å²) in [5.41, 5.74) is 10.1. The maximum atomic E-state index is 5.92. The summed E-state index contributed by atoms with van der Waals surface area (Å²) in [5.74, 6) is 0. The van der Waals surface area contributed by atoms with Crippen molar-refractivity contribution >= 4 is 23.0 Å². The molecule has 2 aromatic rings. The van der Waals surface area contributed by atoms with Crippen LogP contribution in [-0.2, 0) is 6.54 Å². The summed E-state index contributed by atoms with van der Waals surface area (Å²) in [7, 11) is 2.08. The lowest BCUT2D eigenvalue weighted by molar-refractivity contribution is 0.918. The van der Waals surface area contributed by atoms with Gasteiger partial charge in [0.2, 0.25) is 0 Å². The third-order valence-electron chi connectivity index (χ3n) is 3.01. The lowest BCUT2D eigenvalue weighted by Gasteiger charge is -2.21. The molecule has 18 heavy (non-hydrogen) atoms. The van der Waals surface area contributed by atoms with Crippen LogP contribution in [0.5, 0.6) is 0 Å². The number of hydrogen-bond donors (Lipinski definition) is 1. The van der Waals surface area contributed by atoms with Crippen LogP contribution in [0.25, 0.3) is 0 Å². The first-order valence-electron chi connectivity index (χ1n) is 5.88. The second-order valence-corrected chi connectivity index (χ2v) is 4.91. The second-order valence-electron chi connectivity index (χ2n) is 4.50. The molecule has 0 atom stereocenters. The number of aryl methyl sites for hydroxylation is 1. The van der Waals surface area contributed by atoms with E-state index in [2.05, 4.69) is 37.1 Å². The number of hydrogen-bond acceptors (Lipinski definition) is 2. The molecule has 0 radical (unpaired) electrons. The largest absolute Gasteiger partial charge is 0.398 e. The van der Waals surface area contributed by atoms with Crippen molar-refractivity contribution in [3.63, 3.8) is 0 Å². The third kappa shape index (κ3) is 2.77. The van der Waals surface area contributed by atoms with E-state index in [1.807, 2.05) is 24.3 Å². The highest BCUT2D eigenvalue weighted by Gasteiger charge is 2.05. The number of anilines is 2. The highest BCUT2D eigenvalue weighted by molar-refractivity contribution is 6.33. The molecule has 0 bridgehead atoms. The fraction of sp³-hybridized carbons (Fsp3) is 0.200. The van der Waals surface area contributed by atoms with Gasteiger partial charge in [-0.1, -0.05) is 35.9 Å². The monoisotopic (exact) mass is 260 g/mol. The number of nitrogens with zero attached hydrogens (tertiary/aromatic N) is 1. The highest BCUT2D eigenvalue weighted by Crippen LogP contribution is 2.23. The molecule has 2 aromatic carbocycles. The van der Waals surface area contributed by atoms with Crippen LogP contribution in [0.15, 0.2) is 42.5 Å². The van der Waals surface area contributed by atoms with E-state index in [1.165, 1.54) is 11.3 Å². The Morgan fingerprint density at radius 2 is 1.89 bits per heavy atom. The van der Waals surface area contributed by atoms with Crippen LogP contribution in [0.2, 0.25) is 5.02 Å². The smallest absolute Gasteiger partial charge is 0.0635 e. The maximum absolute atomic E-state index is 5.92. The zero-order valence-electron chi connectivity index (χ0n) is 10.7. The number of rotatable bonds is 3. The van der Waals surface area contributed by atoms with Gasteiger partial charge in [-0.05, 0) is 36.2 Å². The van der Waals surface area contributed by atoms with E-state index in [0.717, 1.165) is 12.1 Å². The molecule has 2 nitrogen and oxygen atoms in total. The Hall–Kier alpha value is -1.67. The number of nitrogens with two attached hydrogens (primary N) is 1. The van der Waals surface area contributed by atoms with Gasteiger partial charge in [0.15, 0.2) is 0 Å². The van der Waals surface area contributed by atoms with Crippen molar-refractivity contribution < 1.29 is 0 Å². The number of para-hydroxylation sites is 1. The molecular weight excluding hydrogens is 244 g/mol. The number of benzene rings is 2. The Morgan fingerprint density at radius 1 is 1.17 bits per heavy atom. The van der Waals surface area contributed by atoms with Gasteiger partial charge in [0.1, 0.15) is 0 Å². The molecule has 0 aliphatic rings. The molecule has 0 aliphatic heterocycles. The molecule has 0 heterocycles. The topological polar surface area (TPSA) is 29.3 Å². The quantitative estimate of drug-likeness (QED) is 0.849.